The SMILES string of the molecule is CCCCCC(=O)Nc1ccc(Oc2ncc(Br)cn2)c(C)c1. The van der Waals surface area contributed by atoms with Crippen molar-refractivity contribution >= 4 is 27.5 Å². The summed E-state index contributed by atoms with van der Waals surface area (Å²) in [5.74, 6) is 0.707. The van der Waals surface area contributed by atoms with E-state index in [9.17, 15) is 4.79 Å². The molecule has 0 unspecified atom stereocenters. The highest BCUT2D eigenvalue weighted by Crippen LogP contribution is 2.25. The molecular formula is C17H20BrN3O2. The molecule has 0 fully saturated rings. The molecule has 1 aromatic heterocycles. The van der Waals surface area contributed by atoms with E-state index in [0.717, 1.165) is 35.0 Å². The number of hydrogen-bond acceptors (Lipinski definition) is 4. The molecule has 0 spiro atoms. The van der Waals surface area contributed by atoms with Crippen LogP contribution in [0.4, 0.5) is 5.69 Å². The van der Waals surface area contributed by atoms with Gasteiger partial charge in [0.05, 0.1) is 4.47 Å². The van der Waals surface area contributed by atoms with E-state index in [4.69, 9.17) is 4.74 Å². The van der Waals surface area contributed by atoms with Crippen LogP contribution in [-0.4, -0.2) is 15.9 Å². The van der Waals surface area contributed by atoms with Crippen LogP contribution in [-0.2, 0) is 4.79 Å². The fraction of sp³-hybridized carbons (Fsp3) is 0.353. The summed E-state index contributed by atoms with van der Waals surface area (Å²) < 4.78 is 6.44. The van der Waals surface area contributed by atoms with E-state index in [1.165, 1.54) is 0 Å². The molecule has 0 aliphatic carbocycles. The number of ether oxygens (including phenoxy) is 1. The number of rotatable bonds is 7. The van der Waals surface area contributed by atoms with Gasteiger partial charge in [0.25, 0.3) is 0 Å². The van der Waals surface area contributed by atoms with Crippen molar-refractivity contribution in [3.8, 4) is 11.8 Å². The second-order valence-electron chi connectivity index (χ2n) is 5.27. The second-order valence-corrected chi connectivity index (χ2v) is 6.19. The zero-order chi connectivity index (χ0) is 16.7. The number of aromatic nitrogens is 2. The number of amides is 1. The van der Waals surface area contributed by atoms with Gasteiger partial charge in [0.1, 0.15) is 5.75 Å². The van der Waals surface area contributed by atoms with E-state index in [1.807, 2.05) is 25.1 Å². The number of unbranched alkanes of at least 4 members (excludes halogenated alkanes) is 2. The van der Waals surface area contributed by atoms with Crippen LogP contribution in [0.3, 0.4) is 0 Å². The number of halogens is 1. The maximum absolute atomic E-state index is 11.8. The van der Waals surface area contributed by atoms with Crippen LogP contribution in [0, 0.1) is 6.92 Å². The number of aryl methyl sites for hydroxylation is 1. The fourth-order valence-electron chi connectivity index (χ4n) is 2.05. The standard InChI is InChI=1S/C17H20BrN3O2/c1-3-4-5-6-16(22)21-14-7-8-15(12(2)9-14)23-17-19-10-13(18)11-20-17/h7-11H,3-6H2,1-2H3,(H,21,22). The first-order chi connectivity index (χ1) is 11.1. The molecule has 1 N–H and O–H groups in total. The van der Waals surface area contributed by atoms with Crippen molar-refractivity contribution in [2.75, 3.05) is 5.32 Å². The van der Waals surface area contributed by atoms with E-state index < -0.39 is 0 Å². The zero-order valence-electron chi connectivity index (χ0n) is 13.3. The molecule has 1 amide bonds. The van der Waals surface area contributed by atoms with Gasteiger partial charge in [-0.15, -0.1) is 0 Å². The molecular weight excluding hydrogens is 358 g/mol. The molecule has 1 heterocycles. The maximum atomic E-state index is 11.8. The van der Waals surface area contributed by atoms with Crippen molar-refractivity contribution in [1.82, 2.24) is 9.97 Å². The normalized spacial score (nSPS) is 10.4. The first-order valence-corrected chi connectivity index (χ1v) is 8.43. The number of anilines is 1. The summed E-state index contributed by atoms with van der Waals surface area (Å²) in [7, 11) is 0. The average molecular weight is 378 g/mol. The van der Waals surface area contributed by atoms with Crippen molar-refractivity contribution in [3.63, 3.8) is 0 Å². The Hall–Kier alpha value is -1.95. The molecule has 0 atom stereocenters. The van der Waals surface area contributed by atoms with E-state index in [2.05, 4.69) is 38.1 Å². The lowest BCUT2D eigenvalue weighted by Gasteiger charge is -2.10. The van der Waals surface area contributed by atoms with Gasteiger partial charge in [-0.25, -0.2) is 9.97 Å². The van der Waals surface area contributed by atoms with Crippen molar-refractivity contribution < 1.29 is 9.53 Å². The maximum Gasteiger partial charge on any atom is 0.321 e. The Morgan fingerprint density at radius 3 is 2.65 bits per heavy atom. The predicted octanol–water partition coefficient (Wildman–Crippen LogP) is 4.86. The molecule has 1 aromatic carbocycles. The van der Waals surface area contributed by atoms with Crippen LogP contribution in [0.5, 0.6) is 11.8 Å². The van der Waals surface area contributed by atoms with E-state index in [1.54, 1.807) is 12.4 Å². The van der Waals surface area contributed by atoms with Gasteiger partial charge < -0.3 is 10.1 Å². The quantitative estimate of drug-likeness (QED) is 0.699. The minimum absolute atomic E-state index is 0.0442. The molecule has 2 rings (SSSR count). The van der Waals surface area contributed by atoms with Crippen molar-refractivity contribution in [1.29, 1.82) is 0 Å². The van der Waals surface area contributed by atoms with Crippen LogP contribution >= 0.6 is 15.9 Å². The van der Waals surface area contributed by atoms with Crippen molar-refractivity contribution in [2.24, 2.45) is 0 Å². The average Bonchev–Trinajstić information content (AvgIpc) is 2.52. The van der Waals surface area contributed by atoms with Gasteiger partial charge in [0.2, 0.25) is 5.91 Å². The van der Waals surface area contributed by atoms with E-state index in [-0.39, 0.29) is 11.9 Å². The number of carbonyl (C=O) groups is 1. The van der Waals surface area contributed by atoms with Gasteiger partial charge in [-0.05, 0) is 53.0 Å². The van der Waals surface area contributed by atoms with Gasteiger partial charge in [-0.2, -0.15) is 0 Å². The number of benzene rings is 1. The van der Waals surface area contributed by atoms with E-state index in [0.29, 0.717) is 12.2 Å². The highest BCUT2D eigenvalue weighted by molar-refractivity contribution is 9.10. The predicted molar refractivity (Wildman–Crippen MR) is 93.8 cm³/mol. The summed E-state index contributed by atoms with van der Waals surface area (Å²) in [6.07, 6.45) is 6.91. The molecule has 0 saturated heterocycles. The Kier molecular flexibility index (Phi) is 6.52. The lowest BCUT2D eigenvalue weighted by Crippen LogP contribution is -2.11. The first kappa shape index (κ1) is 17.4. The molecule has 0 aliphatic rings. The van der Waals surface area contributed by atoms with Crippen molar-refractivity contribution in [2.45, 2.75) is 39.5 Å². The van der Waals surface area contributed by atoms with Gasteiger partial charge in [-0.1, -0.05) is 19.8 Å². The highest BCUT2D eigenvalue weighted by Gasteiger charge is 2.07. The third kappa shape index (κ3) is 5.63. The van der Waals surface area contributed by atoms with Gasteiger partial charge in [0, 0.05) is 24.5 Å². The molecule has 0 radical (unpaired) electrons. The lowest BCUT2D eigenvalue weighted by molar-refractivity contribution is -0.116. The minimum atomic E-state index is 0.0442. The third-order valence-electron chi connectivity index (χ3n) is 3.26. The Morgan fingerprint density at radius 1 is 1.26 bits per heavy atom. The molecule has 122 valence electrons. The monoisotopic (exact) mass is 377 g/mol. The molecule has 0 aliphatic heterocycles. The molecule has 23 heavy (non-hydrogen) atoms. The molecule has 0 saturated carbocycles. The van der Waals surface area contributed by atoms with Crippen LogP contribution in [0.1, 0.15) is 38.2 Å². The fourth-order valence-corrected chi connectivity index (χ4v) is 2.26. The largest absolute Gasteiger partial charge is 0.424 e. The van der Waals surface area contributed by atoms with Gasteiger partial charge in [-0.3, -0.25) is 4.79 Å². The summed E-state index contributed by atoms with van der Waals surface area (Å²) in [5.41, 5.74) is 1.68. The number of nitrogens with one attached hydrogen (secondary N) is 1. The summed E-state index contributed by atoms with van der Waals surface area (Å²) >= 11 is 3.28. The number of nitrogens with zero attached hydrogens (tertiary/aromatic N) is 2. The number of carbonyl (C=O) groups excluding carboxylic acids is 1. The molecule has 2 aromatic rings. The Bertz CT molecular complexity index is 659. The Morgan fingerprint density at radius 2 is 2.00 bits per heavy atom. The summed E-state index contributed by atoms with van der Waals surface area (Å²) in [4.78, 5) is 20.0. The topological polar surface area (TPSA) is 64.1 Å². The van der Waals surface area contributed by atoms with Gasteiger partial charge >= 0.3 is 6.01 Å². The summed E-state index contributed by atoms with van der Waals surface area (Å²) in [6, 6.07) is 5.79. The van der Waals surface area contributed by atoms with Crippen LogP contribution in [0.2, 0.25) is 0 Å². The second kappa shape index (κ2) is 8.62. The molecule has 0 bridgehead atoms. The van der Waals surface area contributed by atoms with E-state index >= 15 is 0 Å². The Balaban J connectivity index is 1.97. The third-order valence-corrected chi connectivity index (χ3v) is 3.67. The zero-order valence-corrected chi connectivity index (χ0v) is 14.9. The number of hydrogen-bond donors (Lipinski definition) is 1. The minimum Gasteiger partial charge on any atom is -0.424 e. The Labute approximate surface area is 144 Å². The van der Waals surface area contributed by atoms with Crippen LogP contribution in [0.15, 0.2) is 35.1 Å². The summed E-state index contributed by atoms with van der Waals surface area (Å²) in [5, 5.41) is 2.91. The van der Waals surface area contributed by atoms with Gasteiger partial charge in [0.15, 0.2) is 0 Å². The van der Waals surface area contributed by atoms with Crippen LogP contribution < -0.4 is 10.1 Å². The lowest BCUT2D eigenvalue weighted by atomic mass is 10.1. The first-order valence-electron chi connectivity index (χ1n) is 7.64. The van der Waals surface area contributed by atoms with Crippen LogP contribution in [0.25, 0.3) is 0 Å². The summed E-state index contributed by atoms with van der Waals surface area (Å²) in [6.45, 7) is 4.04. The van der Waals surface area contributed by atoms with Crippen molar-refractivity contribution in [3.05, 3.63) is 40.6 Å². The molecule has 6 heteroatoms. The molecule has 5 nitrogen and oxygen atoms in total. The highest BCUT2D eigenvalue weighted by atomic mass is 79.9. The smallest absolute Gasteiger partial charge is 0.321 e.